The first-order chi connectivity index (χ1) is 17.6. The molecule has 9 heteroatoms. The van der Waals surface area contributed by atoms with E-state index in [0.29, 0.717) is 25.6 Å². The third-order valence-corrected chi connectivity index (χ3v) is 8.05. The molecule has 6 rings (SSSR count). The van der Waals surface area contributed by atoms with Gasteiger partial charge in [0.25, 0.3) is 0 Å². The molecule has 1 aromatic heterocycles. The van der Waals surface area contributed by atoms with Crippen LogP contribution in [0.25, 0.3) is 11.0 Å². The van der Waals surface area contributed by atoms with Crippen molar-refractivity contribution in [3.63, 3.8) is 0 Å². The number of carboxylic acid groups (broad SMARTS) is 1. The molecule has 188 valence electrons. The Bertz CT molecular complexity index is 1310. The van der Waals surface area contributed by atoms with E-state index in [1.807, 2.05) is 12.3 Å². The number of aromatic carboxylic acids is 1. The number of aliphatic imine (C=N–C) groups is 1. The van der Waals surface area contributed by atoms with Crippen LogP contribution in [0.5, 0.6) is 5.75 Å². The number of benzene rings is 2. The van der Waals surface area contributed by atoms with Gasteiger partial charge in [0, 0.05) is 24.6 Å². The second kappa shape index (κ2) is 9.88. The first-order valence-corrected chi connectivity index (χ1v) is 13.1. The summed E-state index contributed by atoms with van der Waals surface area (Å²) in [6, 6.07) is 11.4. The Morgan fingerprint density at radius 1 is 1.19 bits per heavy atom. The lowest BCUT2D eigenvalue weighted by Crippen LogP contribution is -2.38. The molecule has 0 radical (unpaired) electrons. The number of rotatable bonds is 7. The van der Waals surface area contributed by atoms with Gasteiger partial charge in [0.2, 0.25) is 0 Å². The number of ether oxygens (including phenoxy) is 2. The van der Waals surface area contributed by atoms with Crippen LogP contribution >= 0.6 is 12.6 Å². The van der Waals surface area contributed by atoms with Crippen molar-refractivity contribution in [2.24, 2.45) is 4.99 Å². The number of aromatic nitrogens is 2. The summed E-state index contributed by atoms with van der Waals surface area (Å²) in [4.78, 5) is 23.5. The zero-order valence-electron chi connectivity index (χ0n) is 20.0. The number of nitrogens with zero attached hydrogens (tertiary/aromatic N) is 4. The number of fused-ring (bicyclic) bond motifs is 2. The molecule has 2 atom stereocenters. The highest BCUT2D eigenvalue weighted by atomic mass is 32.1. The van der Waals surface area contributed by atoms with E-state index in [1.165, 1.54) is 5.56 Å². The smallest absolute Gasteiger partial charge is 0.335 e. The van der Waals surface area contributed by atoms with Crippen LogP contribution < -0.4 is 4.74 Å². The standard InChI is InChI=1S/C27H30N4O4S/c32-27(33)18-4-5-20-22(14-18)31(15-24(36)23-8-12-34-23)25(29-20)16-30-10-6-17(7-11-30)19-2-1-3-21-26(19)35-13-9-28-21/h1-5,9,14,17,23-24,36H,6-8,10-13,15-16H2,(H,32,33)/t23-,24?/m0/s1. The number of hydrogen-bond donors (Lipinski definition) is 2. The van der Waals surface area contributed by atoms with E-state index >= 15 is 0 Å². The molecule has 0 spiro atoms. The summed E-state index contributed by atoms with van der Waals surface area (Å²) < 4.78 is 13.8. The number of piperidine rings is 1. The van der Waals surface area contributed by atoms with Crippen molar-refractivity contribution >= 4 is 41.5 Å². The highest BCUT2D eigenvalue weighted by molar-refractivity contribution is 7.81. The Labute approximate surface area is 215 Å². The van der Waals surface area contributed by atoms with Crippen LogP contribution in [0.15, 0.2) is 41.4 Å². The van der Waals surface area contributed by atoms with Crippen molar-refractivity contribution in [2.45, 2.75) is 49.6 Å². The van der Waals surface area contributed by atoms with E-state index in [1.54, 1.807) is 18.2 Å². The Morgan fingerprint density at radius 3 is 2.78 bits per heavy atom. The molecular weight excluding hydrogens is 476 g/mol. The van der Waals surface area contributed by atoms with Gasteiger partial charge >= 0.3 is 5.97 Å². The zero-order chi connectivity index (χ0) is 24.6. The molecule has 36 heavy (non-hydrogen) atoms. The van der Waals surface area contributed by atoms with Crippen molar-refractivity contribution in [1.82, 2.24) is 14.5 Å². The minimum absolute atomic E-state index is 0.0287. The minimum Gasteiger partial charge on any atom is -0.485 e. The fourth-order valence-electron chi connectivity index (χ4n) is 5.47. The van der Waals surface area contributed by atoms with Gasteiger partial charge in [-0.1, -0.05) is 12.1 Å². The Balaban J connectivity index is 1.21. The van der Waals surface area contributed by atoms with Crippen LogP contribution in [0.2, 0.25) is 0 Å². The quantitative estimate of drug-likeness (QED) is 0.465. The van der Waals surface area contributed by atoms with Crippen LogP contribution in [0.1, 0.15) is 46.9 Å². The molecule has 2 aromatic carbocycles. The molecule has 2 fully saturated rings. The Hall–Kier alpha value is -2.88. The fourth-order valence-corrected chi connectivity index (χ4v) is 5.87. The number of carbonyl (C=O) groups is 1. The van der Waals surface area contributed by atoms with Crippen LogP contribution in [0, 0.1) is 0 Å². The summed E-state index contributed by atoms with van der Waals surface area (Å²) in [6.07, 6.45) is 5.02. The normalized spacial score (nSPS) is 21.1. The van der Waals surface area contributed by atoms with E-state index in [9.17, 15) is 9.90 Å². The van der Waals surface area contributed by atoms with E-state index in [-0.39, 0.29) is 16.9 Å². The van der Waals surface area contributed by atoms with Gasteiger partial charge in [-0.15, -0.1) is 0 Å². The van der Waals surface area contributed by atoms with E-state index in [0.717, 1.165) is 67.3 Å². The third kappa shape index (κ3) is 4.51. The van der Waals surface area contributed by atoms with Crippen molar-refractivity contribution in [1.29, 1.82) is 0 Å². The van der Waals surface area contributed by atoms with Crippen LogP contribution in [0.4, 0.5) is 5.69 Å². The maximum absolute atomic E-state index is 11.6. The molecule has 1 unspecified atom stereocenters. The van der Waals surface area contributed by atoms with E-state index < -0.39 is 5.97 Å². The van der Waals surface area contributed by atoms with Gasteiger partial charge in [-0.2, -0.15) is 12.6 Å². The van der Waals surface area contributed by atoms with Crippen molar-refractivity contribution in [3.8, 4) is 5.75 Å². The Morgan fingerprint density at radius 2 is 2.03 bits per heavy atom. The second-order valence-electron chi connectivity index (χ2n) is 9.78. The highest BCUT2D eigenvalue weighted by Gasteiger charge is 2.29. The summed E-state index contributed by atoms with van der Waals surface area (Å²) in [5.41, 5.74) is 4.10. The lowest BCUT2D eigenvalue weighted by Gasteiger charge is -2.34. The molecule has 8 nitrogen and oxygen atoms in total. The first-order valence-electron chi connectivity index (χ1n) is 12.6. The summed E-state index contributed by atoms with van der Waals surface area (Å²) in [5, 5.41) is 9.55. The Kier molecular flexibility index (Phi) is 6.45. The average Bonchev–Trinajstić information content (AvgIpc) is 3.19. The number of thiol groups is 1. The number of para-hydroxylation sites is 1. The average molecular weight is 507 g/mol. The predicted molar refractivity (Wildman–Crippen MR) is 141 cm³/mol. The van der Waals surface area contributed by atoms with Crippen LogP contribution in [-0.4, -0.2) is 69.4 Å². The van der Waals surface area contributed by atoms with Gasteiger partial charge in [0.1, 0.15) is 23.9 Å². The van der Waals surface area contributed by atoms with E-state index in [2.05, 4.69) is 26.6 Å². The maximum Gasteiger partial charge on any atom is 0.335 e. The lowest BCUT2D eigenvalue weighted by atomic mass is 9.88. The third-order valence-electron chi connectivity index (χ3n) is 7.56. The van der Waals surface area contributed by atoms with Crippen molar-refractivity contribution in [2.75, 3.05) is 26.3 Å². The summed E-state index contributed by atoms with van der Waals surface area (Å²) in [5.74, 6) is 1.39. The molecule has 0 bridgehead atoms. The van der Waals surface area contributed by atoms with Gasteiger partial charge in [-0.3, -0.25) is 9.89 Å². The molecule has 0 aliphatic carbocycles. The number of hydrogen-bond acceptors (Lipinski definition) is 7. The number of imidazole rings is 1. The number of carboxylic acids is 1. The molecule has 0 amide bonds. The van der Waals surface area contributed by atoms with Gasteiger partial charge in [0.05, 0.1) is 29.2 Å². The van der Waals surface area contributed by atoms with Gasteiger partial charge < -0.3 is 19.1 Å². The molecule has 4 heterocycles. The van der Waals surface area contributed by atoms with Crippen LogP contribution in [0.3, 0.4) is 0 Å². The van der Waals surface area contributed by atoms with Gasteiger partial charge in [0.15, 0.2) is 0 Å². The molecule has 2 saturated heterocycles. The molecule has 3 aromatic rings. The lowest BCUT2D eigenvalue weighted by molar-refractivity contribution is -0.0521. The summed E-state index contributed by atoms with van der Waals surface area (Å²) >= 11 is 4.81. The topological polar surface area (TPSA) is 89.2 Å². The SMILES string of the molecule is O=C(O)c1ccc2nc(CN3CCC(c4cccc5c4OCC=N5)CC3)n(CC(S)[C@@H]3CCO3)c2c1. The zero-order valence-corrected chi connectivity index (χ0v) is 20.9. The minimum atomic E-state index is -0.934. The summed E-state index contributed by atoms with van der Waals surface area (Å²) in [6.45, 7) is 4.56. The van der Waals surface area contributed by atoms with Crippen LogP contribution in [-0.2, 0) is 17.8 Å². The molecule has 3 aliphatic heterocycles. The van der Waals surface area contributed by atoms with Crippen molar-refractivity contribution in [3.05, 3.63) is 53.3 Å². The highest BCUT2D eigenvalue weighted by Crippen LogP contribution is 2.41. The number of likely N-dealkylation sites (tertiary alicyclic amines) is 1. The second-order valence-corrected chi connectivity index (χ2v) is 10.4. The molecular formula is C27H30N4O4S. The van der Waals surface area contributed by atoms with Gasteiger partial charge in [-0.25, -0.2) is 9.78 Å². The largest absolute Gasteiger partial charge is 0.485 e. The molecule has 0 saturated carbocycles. The monoisotopic (exact) mass is 506 g/mol. The summed E-state index contributed by atoms with van der Waals surface area (Å²) in [7, 11) is 0. The maximum atomic E-state index is 11.6. The van der Waals surface area contributed by atoms with Gasteiger partial charge in [-0.05, 0) is 68.1 Å². The fraction of sp³-hybridized carbons (Fsp3) is 0.444. The van der Waals surface area contributed by atoms with Crippen molar-refractivity contribution < 1.29 is 19.4 Å². The van der Waals surface area contributed by atoms with E-state index in [4.69, 9.17) is 27.1 Å². The molecule has 1 N–H and O–H groups in total. The predicted octanol–water partition coefficient (Wildman–Crippen LogP) is 4.30. The first kappa shape index (κ1) is 23.5. The molecule has 3 aliphatic rings.